The lowest BCUT2D eigenvalue weighted by Gasteiger charge is -2.20. The number of hydrogen-bond donors (Lipinski definition) is 2. The highest BCUT2D eigenvalue weighted by molar-refractivity contribution is 5.91. The predicted octanol–water partition coefficient (Wildman–Crippen LogP) is 2.72. The summed E-state index contributed by atoms with van der Waals surface area (Å²) in [5, 5.41) is 11.7. The summed E-state index contributed by atoms with van der Waals surface area (Å²) in [6, 6.07) is 5.15. The second kappa shape index (κ2) is 5.73. The van der Waals surface area contributed by atoms with Gasteiger partial charge in [-0.2, -0.15) is 0 Å². The molecule has 1 rings (SSSR count). The first kappa shape index (κ1) is 15.0. The number of nitrogens with one attached hydrogen (secondary N) is 1. The Kier molecular flexibility index (Phi) is 4.53. The average Bonchev–Trinajstić information content (AvgIpc) is 2.23. The van der Waals surface area contributed by atoms with Crippen molar-refractivity contribution in [2.45, 2.75) is 39.8 Å². The summed E-state index contributed by atoms with van der Waals surface area (Å²) in [5.74, 6) is -1.00. The van der Waals surface area contributed by atoms with Crippen LogP contribution in [-0.4, -0.2) is 22.8 Å². The summed E-state index contributed by atoms with van der Waals surface area (Å²) in [6.45, 7) is 7.14. The van der Waals surface area contributed by atoms with Crippen molar-refractivity contribution in [3.63, 3.8) is 0 Å². The van der Waals surface area contributed by atoms with Gasteiger partial charge in [-0.15, -0.1) is 0 Å². The minimum Gasteiger partial charge on any atom is -0.478 e. The number of amides is 1. The molecule has 0 unspecified atom stereocenters. The Labute approximate surface area is 112 Å². The first-order valence-electron chi connectivity index (χ1n) is 5.99. The monoisotopic (exact) mass is 265 g/mol. The van der Waals surface area contributed by atoms with Crippen LogP contribution in [0.25, 0.3) is 0 Å². The number of carbonyl (C=O) groups excluding carboxylic acids is 1. The van der Waals surface area contributed by atoms with Gasteiger partial charge in [-0.3, -0.25) is 0 Å². The molecule has 0 heterocycles. The molecule has 0 radical (unpaired) electrons. The van der Waals surface area contributed by atoms with Crippen molar-refractivity contribution in [3.8, 4) is 0 Å². The largest absolute Gasteiger partial charge is 0.478 e. The number of aromatic carboxylic acids is 1. The summed E-state index contributed by atoms with van der Waals surface area (Å²) >= 11 is 0. The maximum atomic E-state index is 11.5. The maximum Gasteiger partial charge on any atom is 0.407 e. The zero-order valence-electron chi connectivity index (χ0n) is 11.6. The summed E-state index contributed by atoms with van der Waals surface area (Å²) in [6.07, 6.45) is -0.564. The van der Waals surface area contributed by atoms with Crippen LogP contribution in [0.1, 0.15) is 42.3 Å². The molecule has 1 aromatic carbocycles. The van der Waals surface area contributed by atoms with Gasteiger partial charge in [-0.25, -0.2) is 9.59 Å². The van der Waals surface area contributed by atoms with Crippen LogP contribution in [0.15, 0.2) is 18.2 Å². The lowest BCUT2D eigenvalue weighted by Crippen LogP contribution is -2.32. The molecule has 2 N–H and O–H groups in total. The highest BCUT2D eigenvalue weighted by Crippen LogP contribution is 2.14. The molecule has 1 aromatic rings. The molecule has 0 fully saturated rings. The second-order valence-corrected chi connectivity index (χ2v) is 5.27. The number of benzene rings is 1. The standard InChI is InChI=1S/C14H19NO4/c1-9-6-5-7-10(11(9)12(16)17)8-15-13(18)19-14(2,3)4/h5-7H,8H2,1-4H3,(H,15,18)(H,16,17). The number of carboxylic acid groups (broad SMARTS) is 1. The van der Waals surface area contributed by atoms with E-state index in [1.165, 1.54) is 0 Å². The number of alkyl carbamates (subject to hydrolysis) is 1. The van der Waals surface area contributed by atoms with Gasteiger partial charge in [-0.05, 0) is 38.8 Å². The number of hydrogen-bond acceptors (Lipinski definition) is 3. The summed E-state index contributed by atoms with van der Waals surface area (Å²) < 4.78 is 5.09. The first-order chi connectivity index (χ1) is 8.70. The topological polar surface area (TPSA) is 75.6 Å². The lowest BCUT2D eigenvalue weighted by molar-refractivity contribution is 0.0520. The Balaban J connectivity index is 2.76. The highest BCUT2D eigenvalue weighted by Gasteiger charge is 2.17. The number of rotatable bonds is 3. The third kappa shape index (κ3) is 4.62. The van der Waals surface area contributed by atoms with E-state index in [2.05, 4.69) is 5.32 Å². The minimum atomic E-state index is -1.00. The molecule has 0 bridgehead atoms. The molecule has 104 valence electrons. The van der Waals surface area contributed by atoms with Gasteiger partial charge in [-0.1, -0.05) is 18.2 Å². The number of ether oxygens (including phenoxy) is 1. The second-order valence-electron chi connectivity index (χ2n) is 5.27. The van der Waals surface area contributed by atoms with Crippen LogP contribution in [0, 0.1) is 6.92 Å². The fraction of sp³-hybridized carbons (Fsp3) is 0.429. The van der Waals surface area contributed by atoms with Crippen molar-refractivity contribution < 1.29 is 19.4 Å². The van der Waals surface area contributed by atoms with Gasteiger partial charge < -0.3 is 15.2 Å². The van der Waals surface area contributed by atoms with E-state index in [4.69, 9.17) is 9.84 Å². The molecule has 1 amide bonds. The molecule has 0 atom stereocenters. The van der Waals surface area contributed by atoms with E-state index in [9.17, 15) is 9.59 Å². The Morgan fingerprint density at radius 3 is 2.47 bits per heavy atom. The van der Waals surface area contributed by atoms with E-state index in [-0.39, 0.29) is 12.1 Å². The molecular weight excluding hydrogens is 246 g/mol. The Bertz CT molecular complexity index is 489. The van der Waals surface area contributed by atoms with Crippen LogP contribution in [0.5, 0.6) is 0 Å². The molecule has 5 nitrogen and oxygen atoms in total. The SMILES string of the molecule is Cc1cccc(CNC(=O)OC(C)(C)C)c1C(=O)O. The van der Waals surface area contributed by atoms with Gasteiger partial charge in [0.1, 0.15) is 5.60 Å². The van der Waals surface area contributed by atoms with E-state index in [0.717, 1.165) is 0 Å². The summed E-state index contributed by atoms with van der Waals surface area (Å²) in [4.78, 5) is 22.7. The minimum absolute atomic E-state index is 0.123. The van der Waals surface area contributed by atoms with Crippen molar-refractivity contribution >= 4 is 12.1 Å². The van der Waals surface area contributed by atoms with Gasteiger partial charge in [0.05, 0.1) is 5.56 Å². The van der Waals surface area contributed by atoms with E-state index in [1.54, 1.807) is 45.9 Å². The smallest absolute Gasteiger partial charge is 0.407 e. The van der Waals surface area contributed by atoms with E-state index < -0.39 is 17.7 Å². The zero-order chi connectivity index (χ0) is 14.6. The van der Waals surface area contributed by atoms with Gasteiger partial charge in [0.15, 0.2) is 0 Å². The van der Waals surface area contributed by atoms with Gasteiger partial charge in [0, 0.05) is 6.54 Å². The van der Waals surface area contributed by atoms with E-state index in [0.29, 0.717) is 11.1 Å². The molecule has 0 aliphatic heterocycles. The number of carboxylic acids is 1. The number of carbonyl (C=O) groups is 2. The van der Waals surface area contributed by atoms with Crippen molar-refractivity contribution in [2.75, 3.05) is 0 Å². The average molecular weight is 265 g/mol. The Morgan fingerprint density at radius 2 is 1.95 bits per heavy atom. The van der Waals surface area contributed by atoms with Crippen LogP contribution in [0.3, 0.4) is 0 Å². The fourth-order valence-corrected chi connectivity index (χ4v) is 1.66. The summed E-state index contributed by atoms with van der Waals surface area (Å²) in [7, 11) is 0. The van der Waals surface area contributed by atoms with E-state index >= 15 is 0 Å². The molecule has 0 aliphatic rings. The van der Waals surface area contributed by atoms with Crippen LogP contribution in [-0.2, 0) is 11.3 Å². The molecule has 0 saturated heterocycles. The molecule has 0 spiro atoms. The predicted molar refractivity (Wildman–Crippen MR) is 71.2 cm³/mol. The Hall–Kier alpha value is -2.04. The van der Waals surface area contributed by atoms with Gasteiger partial charge in [0.25, 0.3) is 0 Å². The molecule has 5 heteroatoms. The van der Waals surface area contributed by atoms with Crippen molar-refractivity contribution in [2.24, 2.45) is 0 Å². The van der Waals surface area contributed by atoms with Crippen molar-refractivity contribution in [1.29, 1.82) is 0 Å². The van der Waals surface area contributed by atoms with Crippen LogP contribution in [0.4, 0.5) is 4.79 Å². The third-order valence-electron chi connectivity index (χ3n) is 2.40. The van der Waals surface area contributed by atoms with Crippen molar-refractivity contribution in [3.05, 3.63) is 34.9 Å². The van der Waals surface area contributed by atoms with E-state index in [1.807, 2.05) is 0 Å². The van der Waals surface area contributed by atoms with Crippen LogP contribution in [0.2, 0.25) is 0 Å². The van der Waals surface area contributed by atoms with Gasteiger partial charge >= 0.3 is 12.1 Å². The van der Waals surface area contributed by atoms with Crippen molar-refractivity contribution in [1.82, 2.24) is 5.32 Å². The third-order valence-corrected chi connectivity index (χ3v) is 2.40. The normalized spacial score (nSPS) is 10.9. The molecular formula is C14H19NO4. The zero-order valence-corrected chi connectivity index (χ0v) is 11.6. The summed E-state index contributed by atoms with van der Waals surface area (Å²) in [5.41, 5.74) is 0.861. The lowest BCUT2D eigenvalue weighted by atomic mass is 10.0. The molecule has 0 aromatic heterocycles. The molecule has 0 aliphatic carbocycles. The molecule has 0 saturated carbocycles. The first-order valence-corrected chi connectivity index (χ1v) is 5.99. The number of aryl methyl sites for hydroxylation is 1. The fourth-order valence-electron chi connectivity index (χ4n) is 1.66. The van der Waals surface area contributed by atoms with Crippen LogP contribution >= 0.6 is 0 Å². The quantitative estimate of drug-likeness (QED) is 0.881. The Morgan fingerprint density at radius 1 is 1.32 bits per heavy atom. The van der Waals surface area contributed by atoms with Crippen LogP contribution < -0.4 is 5.32 Å². The highest BCUT2D eigenvalue weighted by atomic mass is 16.6. The maximum absolute atomic E-state index is 11.5. The molecule has 19 heavy (non-hydrogen) atoms. The van der Waals surface area contributed by atoms with Gasteiger partial charge in [0.2, 0.25) is 0 Å².